The van der Waals surface area contributed by atoms with Crippen molar-refractivity contribution in [3.8, 4) is 0 Å². The van der Waals surface area contributed by atoms with Gasteiger partial charge in [-0.05, 0) is 25.5 Å². The fourth-order valence-electron chi connectivity index (χ4n) is 2.83. The molecule has 1 atom stereocenters. The number of nitrogens with one attached hydrogen (secondary N) is 1. The van der Waals surface area contributed by atoms with Crippen molar-refractivity contribution in [2.24, 2.45) is 5.92 Å². The zero-order valence-corrected chi connectivity index (χ0v) is 14.6. The molecule has 1 aliphatic rings. The third-order valence-corrected chi connectivity index (χ3v) is 5.08. The van der Waals surface area contributed by atoms with Gasteiger partial charge in [0.15, 0.2) is 5.13 Å². The molecule has 8 heteroatoms. The lowest BCUT2D eigenvalue weighted by Crippen LogP contribution is -2.28. The molecule has 1 aliphatic heterocycles. The average Bonchev–Trinajstić information content (AvgIpc) is 3.10. The summed E-state index contributed by atoms with van der Waals surface area (Å²) in [6.45, 7) is 3.97. The lowest BCUT2D eigenvalue weighted by molar-refractivity contribution is -0.122. The third kappa shape index (κ3) is 3.53. The van der Waals surface area contributed by atoms with Crippen LogP contribution < -0.4 is 10.2 Å². The van der Waals surface area contributed by atoms with Crippen LogP contribution in [0.1, 0.15) is 23.9 Å². The van der Waals surface area contributed by atoms with Crippen molar-refractivity contribution in [2.45, 2.75) is 26.7 Å². The van der Waals surface area contributed by atoms with Gasteiger partial charge in [0.2, 0.25) is 11.8 Å². The van der Waals surface area contributed by atoms with Gasteiger partial charge < -0.3 is 10.2 Å². The Labute approximate surface area is 147 Å². The van der Waals surface area contributed by atoms with Gasteiger partial charge in [-0.25, -0.2) is 13.8 Å². The number of aryl methyl sites for hydroxylation is 2. The summed E-state index contributed by atoms with van der Waals surface area (Å²) < 4.78 is 26.9. The molecule has 1 aromatic heterocycles. The number of nitrogens with zero attached hydrogens (tertiary/aromatic N) is 2. The highest BCUT2D eigenvalue weighted by Crippen LogP contribution is 2.29. The molecular formula is C17H17F2N3O2S. The SMILES string of the molecule is CCc1nc(NC(=O)[C@@H]2CC(=O)N(c3ccc(F)cc3F)C2)sc1C. The molecule has 0 bridgehead atoms. The van der Waals surface area contributed by atoms with Crippen molar-refractivity contribution in [3.05, 3.63) is 40.4 Å². The topological polar surface area (TPSA) is 62.3 Å². The van der Waals surface area contributed by atoms with Crippen LogP contribution in [0, 0.1) is 24.5 Å². The molecule has 1 N–H and O–H groups in total. The first-order valence-corrected chi connectivity index (χ1v) is 8.73. The van der Waals surface area contributed by atoms with Gasteiger partial charge in [-0.15, -0.1) is 11.3 Å². The minimum Gasteiger partial charge on any atom is -0.309 e. The number of rotatable bonds is 4. The summed E-state index contributed by atoms with van der Waals surface area (Å²) in [7, 11) is 0. The Hall–Kier alpha value is -2.35. The Kier molecular flexibility index (Phi) is 4.80. The Morgan fingerprint density at radius 1 is 1.44 bits per heavy atom. The zero-order valence-electron chi connectivity index (χ0n) is 13.8. The second-order valence-corrected chi connectivity index (χ2v) is 7.07. The maximum absolute atomic E-state index is 13.9. The van der Waals surface area contributed by atoms with Gasteiger partial charge in [0, 0.05) is 23.9 Å². The molecule has 2 heterocycles. The van der Waals surface area contributed by atoms with E-state index in [1.165, 1.54) is 22.3 Å². The van der Waals surface area contributed by atoms with Gasteiger partial charge in [0.1, 0.15) is 11.6 Å². The lowest BCUT2D eigenvalue weighted by Gasteiger charge is -2.17. The number of halogens is 2. The van der Waals surface area contributed by atoms with E-state index in [1.54, 1.807) is 0 Å². The molecule has 5 nitrogen and oxygen atoms in total. The number of carbonyl (C=O) groups excluding carboxylic acids is 2. The van der Waals surface area contributed by atoms with Crippen molar-refractivity contribution in [2.75, 3.05) is 16.8 Å². The van der Waals surface area contributed by atoms with E-state index >= 15 is 0 Å². The molecule has 0 saturated carbocycles. The second kappa shape index (κ2) is 6.87. The fourth-order valence-corrected chi connectivity index (χ4v) is 3.74. The van der Waals surface area contributed by atoms with E-state index in [-0.39, 0.29) is 30.5 Å². The first kappa shape index (κ1) is 17.5. The fraction of sp³-hybridized carbons (Fsp3) is 0.353. The number of aromatic nitrogens is 1. The largest absolute Gasteiger partial charge is 0.309 e. The van der Waals surface area contributed by atoms with Crippen LogP contribution >= 0.6 is 11.3 Å². The van der Waals surface area contributed by atoms with Crippen molar-refractivity contribution in [3.63, 3.8) is 0 Å². The first-order valence-electron chi connectivity index (χ1n) is 7.91. The molecule has 2 amide bonds. The highest BCUT2D eigenvalue weighted by Gasteiger charge is 2.36. The second-order valence-electron chi connectivity index (χ2n) is 5.87. The standard InChI is InChI=1S/C17H17F2N3O2S/c1-3-13-9(2)25-17(20-13)21-16(24)10-6-15(23)22(8-10)14-5-4-11(18)7-12(14)19/h4-5,7,10H,3,6,8H2,1-2H3,(H,20,21,24)/t10-/m1/s1. The van der Waals surface area contributed by atoms with Crippen molar-refractivity contribution in [1.82, 2.24) is 4.98 Å². The average molecular weight is 365 g/mol. The maximum atomic E-state index is 13.9. The van der Waals surface area contributed by atoms with Gasteiger partial charge >= 0.3 is 0 Å². The molecule has 2 aromatic rings. The molecule has 132 valence electrons. The predicted octanol–water partition coefficient (Wildman–Crippen LogP) is 3.28. The number of benzene rings is 1. The summed E-state index contributed by atoms with van der Waals surface area (Å²) >= 11 is 1.38. The van der Waals surface area contributed by atoms with Gasteiger partial charge in [-0.2, -0.15) is 0 Å². The maximum Gasteiger partial charge on any atom is 0.231 e. The minimum atomic E-state index is -0.822. The van der Waals surface area contributed by atoms with Crippen LogP contribution in [0.25, 0.3) is 0 Å². The predicted molar refractivity (Wildman–Crippen MR) is 91.7 cm³/mol. The summed E-state index contributed by atoms with van der Waals surface area (Å²) in [6.07, 6.45) is 0.755. The Morgan fingerprint density at radius 3 is 2.84 bits per heavy atom. The number of carbonyl (C=O) groups is 2. The van der Waals surface area contributed by atoms with E-state index < -0.39 is 17.6 Å². The highest BCUT2D eigenvalue weighted by atomic mass is 32.1. The molecule has 25 heavy (non-hydrogen) atoms. The number of amides is 2. The van der Waals surface area contributed by atoms with E-state index in [2.05, 4.69) is 10.3 Å². The van der Waals surface area contributed by atoms with Crippen LogP contribution in [-0.4, -0.2) is 23.3 Å². The molecule has 1 saturated heterocycles. The normalized spacial score (nSPS) is 17.2. The molecule has 0 spiro atoms. The van der Waals surface area contributed by atoms with Crippen LogP contribution in [-0.2, 0) is 16.0 Å². The molecule has 0 aliphatic carbocycles. The number of thiazole rings is 1. The number of anilines is 2. The van der Waals surface area contributed by atoms with E-state index in [0.29, 0.717) is 5.13 Å². The van der Waals surface area contributed by atoms with Crippen molar-refractivity contribution < 1.29 is 18.4 Å². The zero-order chi connectivity index (χ0) is 18.1. The Morgan fingerprint density at radius 2 is 2.20 bits per heavy atom. The third-order valence-electron chi connectivity index (χ3n) is 4.15. The molecule has 0 radical (unpaired) electrons. The number of hydrogen-bond donors (Lipinski definition) is 1. The lowest BCUT2D eigenvalue weighted by atomic mass is 10.1. The molecular weight excluding hydrogens is 348 g/mol. The molecule has 0 unspecified atom stereocenters. The summed E-state index contributed by atoms with van der Waals surface area (Å²) in [6, 6.07) is 3.02. The van der Waals surface area contributed by atoms with Crippen LogP contribution in [0.3, 0.4) is 0 Å². The summed E-state index contributed by atoms with van der Waals surface area (Å²) in [5.41, 5.74) is 0.915. The van der Waals surface area contributed by atoms with Crippen LogP contribution in [0.15, 0.2) is 18.2 Å². The monoisotopic (exact) mass is 365 g/mol. The minimum absolute atomic E-state index is 0.0138. The van der Waals surface area contributed by atoms with E-state index in [1.807, 2.05) is 13.8 Å². The summed E-state index contributed by atoms with van der Waals surface area (Å²) in [5.74, 6) is -2.83. The number of hydrogen-bond acceptors (Lipinski definition) is 4. The molecule has 1 aromatic carbocycles. The van der Waals surface area contributed by atoms with Crippen molar-refractivity contribution in [1.29, 1.82) is 0 Å². The van der Waals surface area contributed by atoms with Crippen LogP contribution in [0.4, 0.5) is 19.6 Å². The van der Waals surface area contributed by atoms with Gasteiger partial charge in [0.25, 0.3) is 0 Å². The Bertz CT molecular complexity index is 837. The summed E-state index contributed by atoms with van der Waals surface area (Å²) in [5, 5.41) is 3.23. The molecule has 1 fully saturated rings. The highest BCUT2D eigenvalue weighted by molar-refractivity contribution is 7.15. The summed E-state index contributed by atoms with van der Waals surface area (Å²) in [4.78, 5) is 31.1. The van der Waals surface area contributed by atoms with Gasteiger partial charge in [-0.3, -0.25) is 9.59 Å². The molecule has 3 rings (SSSR count). The first-order chi connectivity index (χ1) is 11.9. The van der Waals surface area contributed by atoms with Crippen LogP contribution in [0.2, 0.25) is 0 Å². The van der Waals surface area contributed by atoms with Crippen LogP contribution in [0.5, 0.6) is 0 Å². The van der Waals surface area contributed by atoms with E-state index in [4.69, 9.17) is 0 Å². The van der Waals surface area contributed by atoms with E-state index in [0.717, 1.165) is 29.1 Å². The van der Waals surface area contributed by atoms with E-state index in [9.17, 15) is 18.4 Å². The van der Waals surface area contributed by atoms with Gasteiger partial charge in [-0.1, -0.05) is 6.92 Å². The van der Waals surface area contributed by atoms with Gasteiger partial charge in [0.05, 0.1) is 17.3 Å². The quantitative estimate of drug-likeness (QED) is 0.904. The smallest absolute Gasteiger partial charge is 0.231 e. The van der Waals surface area contributed by atoms with Crippen molar-refractivity contribution >= 4 is 34.0 Å². The Balaban J connectivity index is 1.72.